The molecule has 0 fully saturated rings. The smallest absolute Gasteiger partial charge is 0.302 e. The summed E-state index contributed by atoms with van der Waals surface area (Å²) in [7, 11) is 1.60. The number of esters is 1. The molecule has 11 nitrogen and oxygen atoms in total. The third kappa shape index (κ3) is 5.36. The topological polar surface area (TPSA) is 137 Å². The van der Waals surface area contributed by atoms with Crippen LogP contribution in [0.4, 0.5) is 15.9 Å². The van der Waals surface area contributed by atoms with Gasteiger partial charge in [-0.15, -0.1) is 0 Å². The molecule has 4 heterocycles. The standard InChI is InChI=1S/C29H28FN7O4/c1-16(38)41-15-21-20(18-11-23(27(39)36(5)14-18)34-24-7-9-32-35-24)6-8-31-26(21)37-28(40)25-17(13-33-37)10-19(12-22(25)30)29(2,3)4/h6-14H,15H2,1-5H3,(H2,32,34,35). The third-order valence-electron chi connectivity index (χ3n) is 6.62. The van der Waals surface area contributed by atoms with Crippen LogP contribution < -0.4 is 16.4 Å². The van der Waals surface area contributed by atoms with E-state index in [0.717, 1.165) is 10.2 Å². The van der Waals surface area contributed by atoms with E-state index in [1.54, 1.807) is 43.7 Å². The van der Waals surface area contributed by atoms with Crippen molar-refractivity contribution in [2.75, 3.05) is 5.32 Å². The Kier molecular flexibility index (Phi) is 6.99. The summed E-state index contributed by atoms with van der Waals surface area (Å²) >= 11 is 0. The maximum absolute atomic E-state index is 15.3. The van der Waals surface area contributed by atoms with Crippen LogP contribution in [0.3, 0.4) is 0 Å². The fourth-order valence-electron chi connectivity index (χ4n) is 4.49. The zero-order chi connectivity index (χ0) is 29.5. The summed E-state index contributed by atoms with van der Waals surface area (Å²) < 4.78 is 23.1. The Morgan fingerprint density at radius 3 is 2.59 bits per heavy atom. The number of nitrogens with one attached hydrogen (secondary N) is 2. The van der Waals surface area contributed by atoms with E-state index in [4.69, 9.17) is 4.74 Å². The highest BCUT2D eigenvalue weighted by Crippen LogP contribution is 2.30. The average Bonchev–Trinajstić information content (AvgIpc) is 3.42. The number of halogens is 1. The molecule has 0 saturated heterocycles. The highest BCUT2D eigenvalue weighted by atomic mass is 19.1. The highest BCUT2D eigenvalue weighted by molar-refractivity contribution is 5.83. The van der Waals surface area contributed by atoms with Gasteiger partial charge in [-0.25, -0.2) is 9.37 Å². The van der Waals surface area contributed by atoms with E-state index in [1.807, 2.05) is 20.8 Å². The van der Waals surface area contributed by atoms with Crippen LogP contribution in [0, 0.1) is 5.82 Å². The summed E-state index contributed by atoms with van der Waals surface area (Å²) in [6, 6.07) is 8.08. The molecule has 210 valence electrons. The number of hydrogen-bond acceptors (Lipinski definition) is 8. The van der Waals surface area contributed by atoms with Crippen LogP contribution in [0.5, 0.6) is 0 Å². The van der Waals surface area contributed by atoms with Gasteiger partial charge in [0.2, 0.25) is 0 Å². The minimum Gasteiger partial charge on any atom is -0.461 e. The highest BCUT2D eigenvalue weighted by Gasteiger charge is 2.22. The molecule has 0 radical (unpaired) electrons. The van der Waals surface area contributed by atoms with E-state index in [1.165, 1.54) is 30.0 Å². The Morgan fingerprint density at radius 2 is 1.90 bits per heavy atom. The molecule has 0 aliphatic rings. The first-order valence-corrected chi connectivity index (χ1v) is 12.7. The first-order valence-electron chi connectivity index (χ1n) is 12.7. The number of rotatable bonds is 6. The van der Waals surface area contributed by atoms with Gasteiger partial charge < -0.3 is 14.6 Å². The van der Waals surface area contributed by atoms with Crippen molar-refractivity contribution in [1.82, 2.24) is 29.5 Å². The Bertz CT molecular complexity index is 1900. The molecule has 4 aromatic heterocycles. The Morgan fingerprint density at radius 1 is 1.12 bits per heavy atom. The Balaban J connectivity index is 1.71. The van der Waals surface area contributed by atoms with E-state index in [-0.39, 0.29) is 34.5 Å². The maximum atomic E-state index is 15.3. The van der Waals surface area contributed by atoms with Gasteiger partial charge in [0.1, 0.15) is 23.9 Å². The molecule has 0 atom stereocenters. The molecule has 0 aliphatic carbocycles. The van der Waals surface area contributed by atoms with E-state index in [0.29, 0.717) is 27.9 Å². The molecule has 0 bridgehead atoms. The number of hydrogen-bond donors (Lipinski definition) is 2. The lowest BCUT2D eigenvalue weighted by molar-refractivity contribution is -0.142. The fraction of sp³-hybridized carbons (Fsp3) is 0.241. The molecule has 5 aromatic rings. The van der Waals surface area contributed by atoms with E-state index in [9.17, 15) is 14.4 Å². The van der Waals surface area contributed by atoms with Crippen molar-refractivity contribution < 1.29 is 13.9 Å². The predicted octanol–water partition coefficient (Wildman–Crippen LogP) is 4.11. The van der Waals surface area contributed by atoms with Gasteiger partial charge in [-0.2, -0.15) is 14.9 Å². The number of carbonyl (C=O) groups is 1. The summed E-state index contributed by atoms with van der Waals surface area (Å²) in [5.41, 5.74) is 1.07. The van der Waals surface area contributed by atoms with Gasteiger partial charge >= 0.3 is 5.97 Å². The van der Waals surface area contributed by atoms with Crippen molar-refractivity contribution in [3.63, 3.8) is 0 Å². The van der Waals surface area contributed by atoms with Crippen LogP contribution in [0.15, 0.2) is 64.7 Å². The van der Waals surface area contributed by atoms with Crippen molar-refractivity contribution in [2.45, 2.75) is 39.7 Å². The summed E-state index contributed by atoms with van der Waals surface area (Å²) in [4.78, 5) is 42.7. The minimum absolute atomic E-state index is 0.0619. The second-order valence-electron chi connectivity index (χ2n) is 10.6. The quantitative estimate of drug-likeness (QED) is 0.298. The molecule has 2 N–H and O–H groups in total. The molecule has 5 rings (SSSR count). The number of H-pyrrole nitrogens is 1. The van der Waals surface area contributed by atoms with Crippen molar-refractivity contribution >= 4 is 28.2 Å². The first-order chi connectivity index (χ1) is 19.4. The van der Waals surface area contributed by atoms with Gasteiger partial charge in [0, 0.05) is 48.9 Å². The Labute approximate surface area is 233 Å². The molecule has 1 aromatic carbocycles. The summed E-state index contributed by atoms with van der Waals surface area (Å²) in [5, 5.41) is 14.2. The number of nitrogens with zero attached hydrogens (tertiary/aromatic N) is 5. The van der Waals surface area contributed by atoms with Crippen molar-refractivity contribution in [2.24, 2.45) is 7.05 Å². The number of aromatic nitrogens is 6. The van der Waals surface area contributed by atoms with Gasteiger partial charge in [-0.3, -0.25) is 19.5 Å². The lowest BCUT2D eigenvalue weighted by Crippen LogP contribution is -2.25. The van der Waals surface area contributed by atoms with E-state index >= 15 is 4.39 Å². The SMILES string of the molecule is CC(=O)OCc1c(-c2cc(Nc3ccn[nH]3)c(=O)n(C)c2)ccnc1-n1ncc2cc(C(C)(C)C)cc(F)c2c1=O. The predicted molar refractivity (Wildman–Crippen MR) is 152 cm³/mol. The molecule has 0 spiro atoms. The van der Waals surface area contributed by atoms with Crippen molar-refractivity contribution in [3.05, 3.63) is 92.8 Å². The monoisotopic (exact) mass is 557 g/mol. The molecule has 0 aliphatic heterocycles. The summed E-state index contributed by atoms with van der Waals surface area (Å²) in [6.45, 7) is 6.87. The number of fused-ring (bicyclic) bond motifs is 1. The zero-order valence-electron chi connectivity index (χ0n) is 23.2. The lowest BCUT2D eigenvalue weighted by Gasteiger charge is -2.20. The van der Waals surface area contributed by atoms with Gasteiger partial charge in [0.15, 0.2) is 5.82 Å². The molecule has 41 heavy (non-hydrogen) atoms. The number of benzene rings is 1. The molecule has 0 amide bonds. The van der Waals surface area contributed by atoms with Gasteiger partial charge in [-0.05, 0) is 40.8 Å². The average molecular weight is 558 g/mol. The second-order valence-corrected chi connectivity index (χ2v) is 10.6. The lowest BCUT2D eigenvalue weighted by atomic mass is 9.86. The fourth-order valence-corrected chi connectivity index (χ4v) is 4.49. The van der Waals surface area contributed by atoms with Crippen LogP contribution in [0.2, 0.25) is 0 Å². The second kappa shape index (κ2) is 10.5. The van der Waals surface area contributed by atoms with Gasteiger partial charge in [0.05, 0.1) is 17.8 Å². The number of anilines is 2. The van der Waals surface area contributed by atoms with E-state index in [2.05, 4.69) is 25.6 Å². The van der Waals surface area contributed by atoms with Gasteiger partial charge in [-0.1, -0.05) is 20.8 Å². The Hall–Kier alpha value is -5.13. The third-order valence-corrected chi connectivity index (χ3v) is 6.62. The summed E-state index contributed by atoms with van der Waals surface area (Å²) in [6.07, 6.45) is 6.04. The largest absolute Gasteiger partial charge is 0.461 e. The molecular weight excluding hydrogens is 529 g/mol. The van der Waals surface area contributed by atoms with Crippen LogP contribution in [-0.4, -0.2) is 35.5 Å². The van der Waals surface area contributed by atoms with Crippen LogP contribution in [0.25, 0.3) is 27.7 Å². The molecule has 0 unspecified atom stereocenters. The maximum Gasteiger partial charge on any atom is 0.302 e. The van der Waals surface area contributed by atoms with Crippen LogP contribution >= 0.6 is 0 Å². The molecule has 12 heteroatoms. The minimum atomic E-state index is -0.712. The number of aryl methyl sites for hydroxylation is 1. The number of ether oxygens (including phenoxy) is 1. The number of carbonyl (C=O) groups excluding carboxylic acids is 1. The molecular formula is C29H28FN7O4. The normalized spacial score (nSPS) is 11.6. The van der Waals surface area contributed by atoms with Crippen molar-refractivity contribution in [1.29, 1.82) is 0 Å². The van der Waals surface area contributed by atoms with Gasteiger partial charge in [0.25, 0.3) is 11.1 Å². The zero-order valence-corrected chi connectivity index (χ0v) is 23.2. The van der Waals surface area contributed by atoms with E-state index < -0.39 is 17.3 Å². The summed E-state index contributed by atoms with van der Waals surface area (Å²) in [5.74, 6) is -0.642. The first kappa shape index (κ1) is 27.4. The number of aromatic amines is 1. The van der Waals surface area contributed by atoms with Crippen LogP contribution in [0.1, 0.15) is 38.8 Å². The molecule has 0 saturated carbocycles. The number of pyridine rings is 2. The van der Waals surface area contributed by atoms with Crippen molar-refractivity contribution in [3.8, 4) is 16.9 Å². The van der Waals surface area contributed by atoms with Crippen LogP contribution in [-0.2, 0) is 28.6 Å².